The number of aryl methyl sites for hydroxylation is 1. The highest BCUT2D eigenvalue weighted by Gasteiger charge is 2.19. The van der Waals surface area contributed by atoms with Crippen LogP contribution in [-0.4, -0.2) is 52.1 Å². The van der Waals surface area contributed by atoms with E-state index in [0.29, 0.717) is 45.8 Å². The van der Waals surface area contributed by atoms with Crippen molar-refractivity contribution in [3.05, 3.63) is 57.6 Å². The Kier molecular flexibility index (Phi) is 9.96. The summed E-state index contributed by atoms with van der Waals surface area (Å²) in [6.45, 7) is 0.512. The summed E-state index contributed by atoms with van der Waals surface area (Å²) in [4.78, 5) is 12.4. The zero-order valence-corrected chi connectivity index (χ0v) is 20.8. The van der Waals surface area contributed by atoms with Crippen LogP contribution in [0.1, 0.15) is 17.5 Å². The molecule has 2 aromatic carbocycles. The minimum absolute atomic E-state index is 0.112. The Morgan fingerprint density at radius 3 is 2.45 bits per heavy atom. The number of carbonyl (C=O) groups excluding carboxylic acids is 1. The zero-order valence-electron chi connectivity index (χ0n) is 17.7. The molecule has 0 fully saturated rings. The van der Waals surface area contributed by atoms with Crippen LogP contribution in [0.3, 0.4) is 0 Å². The lowest BCUT2D eigenvalue weighted by atomic mass is 10.1. The average Bonchev–Trinajstić information content (AvgIpc) is 2.73. The molecule has 2 rings (SSSR count). The number of hydrogen-bond acceptors (Lipinski definition) is 5. The summed E-state index contributed by atoms with van der Waals surface area (Å²) >= 11 is 13.9. The van der Waals surface area contributed by atoms with Crippen LogP contribution in [0.25, 0.3) is 0 Å². The van der Waals surface area contributed by atoms with Crippen molar-refractivity contribution in [3.63, 3.8) is 0 Å². The molecule has 0 atom stereocenters. The maximum Gasteiger partial charge on any atom is 0.242 e. The van der Waals surface area contributed by atoms with Gasteiger partial charge in [0.15, 0.2) is 0 Å². The molecule has 1 amide bonds. The minimum Gasteiger partial charge on any atom is -0.496 e. The fourth-order valence-corrected chi connectivity index (χ4v) is 5.31. The summed E-state index contributed by atoms with van der Waals surface area (Å²) in [5.41, 5.74) is 1.56. The first-order valence-electron chi connectivity index (χ1n) is 9.53. The van der Waals surface area contributed by atoms with Crippen LogP contribution in [0.2, 0.25) is 10.0 Å². The van der Waals surface area contributed by atoms with Crippen molar-refractivity contribution < 1.29 is 17.9 Å². The number of halogens is 2. The van der Waals surface area contributed by atoms with E-state index in [1.54, 1.807) is 42.1 Å². The number of benzene rings is 2. The van der Waals surface area contributed by atoms with E-state index in [4.69, 9.17) is 27.9 Å². The highest BCUT2D eigenvalue weighted by atomic mass is 35.5. The van der Waals surface area contributed by atoms with E-state index in [0.717, 1.165) is 9.87 Å². The van der Waals surface area contributed by atoms with Gasteiger partial charge < -0.3 is 10.1 Å². The number of thioether (sulfide) groups is 1. The van der Waals surface area contributed by atoms with Gasteiger partial charge in [0, 0.05) is 48.6 Å². The van der Waals surface area contributed by atoms with Gasteiger partial charge in [-0.25, -0.2) is 12.7 Å². The number of sulfonamides is 1. The molecule has 0 heterocycles. The highest BCUT2D eigenvalue weighted by molar-refractivity contribution is 7.98. The number of methoxy groups -OCH3 is 1. The molecular weight excluding hydrogens is 479 g/mol. The van der Waals surface area contributed by atoms with Crippen LogP contribution < -0.4 is 10.1 Å². The Bertz CT molecular complexity index is 994. The largest absolute Gasteiger partial charge is 0.496 e. The molecule has 0 bridgehead atoms. The molecule has 10 heteroatoms. The van der Waals surface area contributed by atoms with Gasteiger partial charge in [0.25, 0.3) is 0 Å². The summed E-state index contributed by atoms with van der Waals surface area (Å²) in [7, 11) is 0.912. The normalized spacial score (nSPS) is 11.5. The van der Waals surface area contributed by atoms with Gasteiger partial charge in [-0.05, 0) is 47.9 Å². The van der Waals surface area contributed by atoms with Crippen molar-refractivity contribution in [1.29, 1.82) is 0 Å². The predicted octanol–water partition coefficient (Wildman–Crippen LogP) is 4.23. The van der Waals surface area contributed by atoms with E-state index >= 15 is 0 Å². The highest BCUT2D eigenvalue weighted by Crippen LogP contribution is 2.28. The number of rotatable bonds is 11. The first-order chi connectivity index (χ1) is 14.7. The van der Waals surface area contributed by atoms with Gasteiger partial charge >= 0.3 is 0 Å². The molecular formula is C21H26Cl2N2O4S2. The fourth-order valence-electron chi connectivity index (χ4n) is 2.77. The molecule has 0 aromatic heterocycles. The third-order valence-electron chi connectivity index (χ3n) is 4.53. The Morgan fingerprint density at radius 1 is 1.16 bits per heavy atom. The second-order valence-electron chi connectivity index (χ2n) is 6.86. The monoisotopic (exact) mass is 504 g/mol. The molecule has 2 aromatic rings. The van der Waals surface area contributed by atoms with Gasteiger partial charge in [-0.3, -0.25) is 4.79 Å². The molecule has 0 spiro atoms. The maximum absolute atomic E-state index is 12.4. The van der Waals surface area contributed by atoms with E-state index in [2.05, 4.69) is 5.32 Å². The number of nitrogens with one attached hydrogen (secondary N) is 1. The van der Waals surface area contributed by atoms with E-state index < -0.39 is 10.0 Å². The molecule has 0 saturated carbocycles. The molecule has 31 heavy (non-hydrogen) atoms. The second kappa shape index (κ2) is 12.0. The number of ether oxygens (including phenoxy) is 1. The molecule has 1 N–H and O–H groups in total. The second-order valence-corrected chi connectivity index (χ2v) is 10.9. The number of amides is 1. The third kappa shape index (κ3) is 7.29. The van der Waals surface area contributed by atoms with E-state index in [1.165, 1.54) is 27.3 Å². The topological polar surface area (TPSA) is 75.7 Å². The van der Waals surface area contributed by atoms with E-state index in [-0.39, 0.29) is 17.2 Å². The van der Waals surface area contributed by atoms with Crippen LogP contribution in [0, 0.1) is 0 Å². The maximum atomic E-state index is 12.4. The van der Waals surface area contributed by atoms with Gasteiger partial charge in [0.1, 0.15) is 5.75 Å². The number of carbonyl (C=O) groups is 1. The molecule has 0 aliphatic heterocycles. The van der Waals surface area contributed by atoms with Crippen molar-refractivity contribution in [2.75, 3.05) is 33.5 Å². The van der Waals surface area contributed by atoms with Crippen LogP contribution in [0.15, 0.2) is 41.3 Å². The Hall–Kier alpha value is -1.45. The SMILES string of the molecule is COc1ccc(S(=O)(=O)N(C)C)cc1CCC(=O)NCCSCc1c(Cl)cccc1Cl. The van der Waals surface area contributed by atoms with E-state index in [1.807, 2.05) is 0 Å². The van der Waals surface area contributed by atoms with Crippen LogP contribution >= 0.6 is 35.0 Å². The first-order valence-corrected chi connectivity index (χ1v) is 12.9. The van der Waals surface area contributed by atoms with Crippen molar-refractivity contribution in [3.8, 4) is 5.75 Å². The quantitative estimate of drug-likeness (QED) is 0.463. The predicted molar refractivity (Wildman–Crippen MR) is 128 cm³/mol. The first kappa shape index (κ1) is 25.8. The van der Waals surface area contributed by atoms with Gasteiger partial charge in [-0.2, -0.15) is 11.8 Å². The van der Waals surface area contributed by atoms with Crippen molar-refractivity contribution in [1.82, 2.24) is 9.62 Å². The minimum atomic E-state index is -3.56. The molecule has 170 valence electrons. The van der Waals surface area contributed by atoms with Gasteiger partial charge in [-0.15, -0.1) is 0 Å². The average molecular weight is 505 g/mol. The van der Waals surface area contributed by atoms with Crippen LogP contribution in [0.4, 0.5) is 0 Å². The van der Waals surface area contributed by atoms with Crippen molar-refractivity contribution in [2.45, 2.75) is 23.5 Å². The Labute approximate surface area is 198 Å². The summed E-state index contributed by atoms with van der Waals surface area (Å²) in [6.07, 6.45) is 0.594. The summed E-state index contributed by atoms with van der Waals surface area (Å²) in [6, 6.07) is 10.1. The molecule has 0 radical (unpaired) electrons. The van der Waals surface area contributed by atoms with Gasteiger partial charge in [-0.1, -0.05) is 29.3 Å². The zero-order chi connectivity index (χ0) is 23.0. The van der Waals surface area contributed by atoms with Crippen molar-refractivity contribution >= 4 is 50.9 Å². The molecule has 0 unspecified atom stereocenters. The van der Waals surface area contributed by atoms with Gasteiger partial charge in [0.05, 0.1) is 12.0 Å². The smallest absolute Gasteiger partial charge is 0.242 e. The van der Waals surface area contributed by atoms with E-state index in [9.17, 15) is 13.2 Å². The fraction of sp³-hybridized carbons (Fsp3) is 0.381. The lowest BCUT2D eigenvalue weighted by Crippen LogP contribution is -2.26. The van der Waals surface area contributed by atoms with Crippen LogP contribution in [0.5, 0.6) is 5.75 Å². The summed E-state index contributed by atoms with van der Waals surface area (Å²) < 4.78 is 31.2. The molecule has 6 nitrogen and oxygen atoms in total. The van der Waals surface area contributed by atoms with Gasteiger partial charge in [0.2, 0.25) is 15.9 Å². The number of nitrogens with zero attached hydrogens (tertiary/aromatic N) is 1. The Balaban J connectivity index is 1.84. The summed E-state index contributed by atoms with van der Waals surface area (Å²) in [5, 5.41) is 4.15. The standard InChI is InChI=1S/C21H26Cl2N2O4S2/c1-25(2)31(27,28)16-8-9-20(29-3)15(13-16)7-10-21(26)24-11-12-30-14-17-18(22)5-4-6-19(17)23/h4-6,8-9,13H,7,10-12,14H2,1-3H3,(H,24,26). The van der Waals surface area contributed by atoms with Crippen LogP contribution in [-0.2, 0) is 27.0 Å². The lowest BCUT2D eigenvalue weighted by molar-refractivity contribution is -0.120. The Morgan fingerprint density at radius 2 is 1.84 bits per heavy atom. The summed E-state index contributed by atoms with van der Waals surface area (Å²) in [5.74, 6) is 1.82. The lowest BCUT2D eigenvalue weighted by Gasteiger charge is -2.14. The number of hydrogen-bond donors (Lipinski definition) is 1. The van der Waals surface area contributed by atoms with Crippen molar-refractivity contribution in [2.24, 2.45) is 0 Å². The molecule has 0 aliphatic rings. The molecule has 0 saturated heterocycles. The molecule has 0 aliphatic carbocycles. The third-order valence-corrected chi connectivity index (χ3v) is 8.03.